The van der Waals surface area contributed by atoms with Crippen LogP contribution in [0.25, 0.3) is 11.3 Å². The lowest BCUT2D eigenvalue weighted by Gasteiger charge is -2.24. The maximum atomic E-state index is 13.9. The van der Waals surface area contributed by atoms with Crippen molar-refractivity contribution in [1.82, 2.24) is 14.9 Å². The summed E-state index contributed by atoms with van der Waals surface area (Å²) in [7, 11) is 3.91. The van der Waals surface area contributed by atoms with Crippen LogP contribution in [-0.4, -0.2) is 54.2 Å². The van der Waals surface area contributed by atoms with Crippen LogP contribution in [0.15, 0.2) is 54.6 Å². The van der Waals surface area contributed by atoms with E-state index in [1.165, 1.54) is 6.07 Å². The number of amides is 1. The molecule has 0 atom stereocenters. The number of likely N-dealkylation sites (N-methyl/N-ethyl adjacent to an activating group) is 1. The van der Waals surface area contributed by atoms with Crippen molar-refractivity contribution in [2.45, 2.75) is 32.5 Å². The summed E-state index contributed by atoms with van der Waals surface area (Å²) in [6.45, 7) is 3.27. The summed E-state index contributed by atoms with van der Waals surface area (Å²) in [5.74, 6) is -0.372. The maximum Gasteiger partial charge on any atom is 0.416 e. The van der Waals surface area contributed by atoms with E-state index in [1.807, 2.05) is 51.4 Å². The molecule has 0 radical (unpaired) electrons. The zero-order valence-corrected chi connectivity index (χ0v) is 20.7. The summed E-state index contributed by atoms with van der Waals surface area (Å²) in [5, 5.41) is 7.53. The summed E-state index contributed by atoms with van der Waals surface area (Å²) in [5.41, 5.74) is 0.951. The Morgan fingerprint density at radius 1 is 1.08 bits per heavy atom. The quantitative estimate of drug-likeness (QED) is 0.417. The molecule has 190 valence electrons. The van der Waals surface area contributed by atoms with Crippen molar-refractivity contribution in [2.24, 2.45) is 0 Å². The molecule has 0 bridgehead atoms. The fourth-order valence-corrected chi connectivity index (χ4v) is 3.77. The van der Waals surface area contributed by atoms with Gasteiger partial charge in [0.15, 0.2) is 5.82 Å². The number of nitrogens with zero attached hydrogens (tertiary/aromatic N) is 3. The lowest BCUT2D eigenvalue weighted by Crippen LogP contribution is -3.06. The molecule has 2 aromatic carbocycles. The first-order valence-electron chi connectivity index (χ1n) is 11.8. The molecular formula is C27H31F3N5O+. The van der Waals surface area contributed by atoms with Crippen molar-refractivity contribution >= 4 is 12.1 Å². The van der Waals surface area contributed by atoms with Gasteiger partial charge in [-0.05, 0) is 36.2 Å². The van der Waals surface area contributed by atoms with E-state index in [1.54, 1.807) is 11.0 Å². The third-order valence-electron chi connectivity index (χ3n) is 5.62. The molecule has 0 saturated carbocycles. The smallest absolute Gasteiger partial charge is 0.338 e. The van der Waals surface area contributed by atoms with Crippen molar-refractivity contribution < 1.29 is 22.9 Å². The van der Waals surface area contributed by atoms with E-state index in [0.29, 0.717) is 25.2 Å². The lowest BCUT2D eigenvalue weighted by atomic mass is 10.0. The zero-order valence-electron chi connectivity index (χ0n) is 20.7. The summed E-state index contributed by atoms with van der Waals surface area (Å²) >= 11 is 0. The van der Waals surface area contributed by atoms with E-state index in [4.69, 9.17) is 5.41 Å². The Hall–Kier alpha value is -3.59. The van der Waals surface area contributed by atoms with Gasteiger partial charge in [0.2, 0.25) is 0 Å². The number of rotatable bonds is 10. The number of carbonyl (C=O) groups is 1. The van der Waals surface area contributed by atoms with E-state index in [2.05, 4.69) is 9.97 Å². The van der Waals surface area contributed by atoms with Gasteiger partial charge in [-0.25, -0.2) is 9.97 Å². The highest BCUT2D eigenvalue weighted by Crippen LogP contribution is 2.33. The Bertz CT molecular complexity index is 1200. The third-order valence-corrected chi connectivity index (χ3v) is 5.62. The Morgan fingerprint density at radius 3 is 2.42 bits per heavy atom. The number of benzene rings is 2. The normalized spacial score (nSPS) is 11.5. The van der Waals surface area contributed by atoms with Crippen molar-refractivity contribution in [3.63, 3.8) is 0 Å². The van der Waals surface area contributed by atoms with E-state index in [-0.39, 0.29) is 29.2 Å². The molecule has 1 amide bonds. The maximum absolute atomic E-state index is 13.9. The van der Waals surface area contributed by atoms with Crippen molar-refractivity contribution in [2.75, 3.05) is 27.2 Å². The molecule has 1 heterocycles. The summed E-state index contributed by atoms with van der Waals surface area (Å²) in [4.78, 5) is 24.8. The molecule has 0 aliphatic heterocycles. The highest BCUT2D eigenvalue weighted by Gasteiger charge is 2.33. The van der Waals surface area contributed by atoms with Gasteiger partial charge in [-0.2, -0.15) is 13.2 Å². The van der Waals surface area contributed by atoms with Crippen molar-refractivity contribution in [3.8, 4) is 11.3 Å². The van der Waals surface area contributed by atoms with Crippen LogP contribution in [0.2, 0.25) is 0 Å². The first kappa shape index (κ1) is 27.0. The molecule has 0 aliphatic carbocycles. The molecule has 0 saturated heterocycles. The zero-order chi connectivity index (χ0) is 26.3. The highest BCUT2D eigenvalue weighted by atomic mass is 19.4. The second kappa shape index (κ2) is 11.9. The van der Waals surface area contributed by atoms with Gasteiger partial charge in [0.25, 0.3) is 5.91 Å². The van der Waals surface area contributed by atoms with Gasteiger partial charge in [-0.3, -0.25) is 4.79 Å². The van der Waals surface area contributed by atoms with Gasteiger partial charge in [0, 0.05) is 23.4 Å². The van der Waals surface area contributed by atoms with Crippen LogP contribution < -0.4 is 4.90 Å². The number of carbonyl (C=O) groups excluding carboxylic acids is 1. The number of hydrogen-bond acceptors (Lipinski definition) is 4. The van der Waals surface area contributed by atoms with E-state index in [9.17, 15) is 18.0 Å². The van der Waals surface area contributed by atoms with Crippen LogP contribution in [0.5, 0.6) is 0 Å². The second-order valence-electron chi connectivity index (χ2n) is 8.96. The largest absolute Gasteiger partial charge is 0.416 e. The SMILES string of the molecule is CCCc1cc(-c2cc(C(=O)N(CC[NH+](C)C)Cc3ccccc3)cc(C(F)(F)F)c2)nc(C=N)n1. The molecule has 3 aromatic rings. The average Bonchev–Trinajstić information content (AvgIpc) is 2.85. The molecule has 0 aliphatic rings. The van der Waals surface area contributed by atoms with Gasteiger partial charge in [0.05, 0.1) is 44.7 Å². The molecule has 6 nitrogen and oxygen atoms in total. The van der Waals surface area contributed by atoms with Crippen molar-refractivity contribution in [1.29, 1.82) is 5.41 Å². The second-order valence-corrected chi connectivity index (χ2v) is 8.96. The lowest BCUT2D eigenvalue weighted by molar-refractivity contribution is -0.857. The predicted octanol–water partition coefficient (Wildman–Crippen LogP) is 3.90. The fraction of sp³-hybridized carbons (Fsp3) is 0.333. The molecule has 3 rings (SSSR count). The third kappa shape index (κ3) is 7.21. The predicted molar refractivity (Wildman–Crippen MR) is 133 cm³/mol. The molecule has 2 N–H and O–H groups in total. The average molecular weight is 499 g/mol. The minimum Gasteiger partial charge on any atom is -0.338 e. The van der Waals surface area contributed by atoms with E-state index >= 15 is 0 Å². The van der Waals surface area contributed by atoms with Crippen LogP contribution in [0.3, 0.4) is 0 Å². The number of alkyl halides is 3. The highest BCUT2D eigenvalue weighted by molar-refractivity contribution is 5.95. The monoisotopic (exact) mass is 498 g/mol. The van der Waals surface area contributed by atoms with Crippen LogP contribution in [-0.2, 0) is 19.1 Å². The first-order chi connectivity index (χ1) is 17.1. The Balaban J connectivity index is 2.09. The fourth-order valence-electron chi connectivity index (χ4n) is 3.77. The number of hydrogen-bond donors (Lipinski definition) is 2. The topological polar surface area (TPSA) is 74.4 Å². The van der Waals surface area contributed by atoms with Crippen LogP contribution in [0.1, 0.15) is 46.3 Å². The Kier molecular flexibility index (Phi) is 8.93. The number of aryl methyl sites for hydroxylation is 1. The molecule has 0 fully saturated rings. The van der Waals surface area contributed by atoms with Gasteiger partial charge >= 0.3 is 6.18 Å². The first-order valence-corrected chi connectivity index (χ1v) is 11.8. The van der Waals surface area contributed by atoms with Crippen LogP contribution >= 0.6 is 0 Å². The van der Waals surface area contributed by atoms with Gasteiger partial charge in [-0.1, -0.05) is 43.7 Å². The molecule has 9 heteroatoms. The number of nitrogens with one attached hydrogen (secondary N) is 2. The number of aromatic nitrogens is 2. The van der Waals surface area contributed by atoms with E-state index in [0.717, 1.165) is 35.2 Å². The van der Waals surface area contributed by atoms with Gasteiger partial charge in [0.1, 0.15) is 0 Å². The molecule has 36 heavy (non-hydrogen) atoms. The number of halogens is 3. The standard InChI is InChI=1S/C27H30F3N5O/c1-4-8-23-16-24(33-25(17-31)32-23)20-13-21(15-22(14-20)27(28,29)30)26(36)35(12-11-34(2)3)18-19-9-6-5-7-10-19/h5-7,9-10,13-17,31H,4,8,11-12,18H2,1-3H3/p+1. The summed E-state index contributed by atoms with van der Waals surface area (Å²) in [6.07, 6.45) is -2.30. The van der Waals surface area contributed by atoms with Crippen molar-refractivity contribution in [3.05, 3.63) is 82.8 Å². The molecule has 1 aromatic heterocycles. The molecule has 0 spiro atoms. The summed E-state index contributed by atoms with van der Waals surface area (Å²) in [6, 6.07) is 14.3. The van der Waals surface area contributed by atoms with Gasteiger partial charge in [-0.15, -0.1) is 0 Å². The molecular weight excluding hydrogens is 467 g/mol. The summed E-state index contributed by atoms with van der Waals surface area (Å²) < 4.78 is 41.6. The van der Waals surface area contributed by atoms with E-state index < -0.39 is 17.6 Å². The number of quaternary nitrogens is 1. The Labute approximate surface area is 209 Å². The minimum absolute atomic E-state index is 0.0587. The molecule has 0 unspecified atom stereocenters. The van der Waals surface area contributed by atoms with Crippen LogP contribution in [0.4, 0.5) is 13.2 Å². The minimum atomic E-state index is -4.65. The Morgan fingerprint density at radius 2 is 1.81 bits per heavy atom. The van der Waals surface area contributed by atoms with Crippen LogP contribution in [0, 0.1) is 5.41 Å². The van der Waals surface area contributed by atoms with Gasteiger partial charge < -0.3 is 15.2 Å².